The molecule has 4 nitrogen and oxygen atoms in total. The normalized spacial score (nSPS) is 13.3. The smallest absolute Gasteiger partial charge is 0.337 e. The third kappa shape index (κ3) is 21.0. The minimum atomic E-state index is -1.40. The Hall–Kier alpha value is -0.610. The van der Waals surface area contributed by atoms with Gasteiger partial charge in [0.1, 0.15) is 0 Å². The average molecular weight is 443 g/mol. The number of aliphatic hydroxyl groups is 2. The van der Waals surface area contributed by atoms with Gasteiger partial charge in [0.25, 0.3) is 0 Å². The lowest BCUT2D eigenvalue weighted by atomic mass is 9.94. The van der Waals surface area contributed by atoms with E-state index in [1.54, 1.807) is 0 Å². The van der Waals surface area contributed by atoms with Crippen LogP contribution in [0.15, 0.2) is 0 Å². The number of carbonyl (C=O) groups is 1. The van der Waals surface area contributed by atoms with Crippen LogP contribution in [-0.2, 0) is 9.53 Å². The van der Waals surface area contributed by atoms with E-state index in [9.17, 15) is 9.90 Å². The highest BCUT2D eigenvalue weighted by Gasteiger charge is 2.18. The van der Waals surface area contributed by atoms with Crippen LogP contribution in [0.1, 0.15) is 142 Å². The molecule has 0 aliphatic carbocycles. The van der Waals surface area contributed by atoms with E-state index < -0.39 is 18.7 Å². The van der Waals surface area contributed by atoms with Crippen LogP contribution in [0.4, 0.5) is 0 Å². The molecular weight excluding hydrogens is 388 g/mol. The van der Waals surface area contributed by atoms with Crippen molar-refractivity contribution in [3.63, 3.8) is 0 Å². The number of hydrogen-bond acceptors (Lipinski definition) is 4. The van der Waals surface area contributed by atoms with Crippen molar-refractivity contribution < 1.29 is 19.7 Å². The molecule has 0 spiro atoms. The molecule has 0 aliphatic heterocycles. The third-order valence-corrected chi connectivity index (χ3v) is 6.34. The van der Waals surface area contributed by atoms with Crippen LogP contribution in [0.3, 0.4) is 0 Å². The van der Waals surface area contributed by atoms with E-state index in [2.05, 4.69) is 13.8 Å². The molecule has 0 heterocycles. The van der Waals surface area contributed by atoms with Crippen LogP contribution >= 0.6 is 0 Å². The first kappa shape index (κ1) is 30.4. The summed E-state index contributed by atoms with van der Waals surface area (Å²) in [6.45, 7) is 4.32. The Morgan fingerprint density at radius 3 is 1.35 bits per heavy atom. The Morgan fingerprint density at radius 1 is 0.645 bits per heavy atom. The van der Waals surface area contributed by atoms with Crippen molar-refractivity contribution in [1.29, 1.82) is 0 Å². The van der Waals surface area contributed by atoms with Gasteiger partial charge in [0.2, 0.25) is 0 Å². The second kappa shape index (κ2) is 24.0. The first-order valence-electron chi connectivity index (χ1n) is 13.6. The number of esters is 1. The van der Waals surface area contributed by atoms with Crippen molar-refractivity contribution in [3.05, 3.63) is 0 Å². The van der Waals surface area contributed by atoms with Gasteiger partial charge in [-0.15, -0.1) is 0 Å². The largest absolute Gasteiger partial charge is 0.463 e. The molecule has 186 valence electrons. The topological polar surface area (TPSA) is 66.8 Å². The van der Waals surface area contributed by atoms with Gasteiger partial charge < -0.3 is 14.9 Å². The molecule has 0 aromatic heterocycles. The molecule has 2 atom stereocenters. The fourth-order valence-corrected chi connectivity index (χ4v) is 4.17. The Labute approximate surface area is 193 Å². The summed E-state index contributed by atoms with van der Waals surface area (Å²) in [7, 11) is 0. The fourth-order valence-electron chi connectivity index (χ4n) is 4.17. The summed E-state index contributed by atoms with van der Waals surface area (Å²) in [6.07, 6.45) is 24.5. The lowest BCUT2D eigenvalue weighted by Crippen LogP contribution is -2.28. The summed E-state index contributed by atoms with van der Waals surface area (Å²) in [4.78, 5) is 11.7. The SMILES string of the molecule is CCCCCCCCCCCCC(CCCCCCCCCC)COC(=O)C(O)CO. The molecule has 2 unspecified atom stereocenters. The van der Waals surface area contributed by atoms with E-state index in [4.69, 9.17) is 9.84 Å². The Morgan fingerprint density at radius 2 is 1.00 bits per heavy atom. The number of hydrogen-bond donors (Lipinski definition) is 2. The zero-order chi connectivity index (χ0) is 23.0. The molecule has 0 saturated carbocycles. The van der Waals surface area contributed by atoms with Gasteiger partial charge in [0, 0.05) is 0 Å². The Balaban J connectivity index is 3.95. The maximum Gasteiger partial charge on any atom is 0.337 e. The van der Waals surface area contributed by atoms with Crippen molar-refractivity contribution in [2.24, 2.45) is 5.92 Å². The van der Waals surface area contributed by atoms with Gasteiger partial charge in [0.05, 0.1) is 13.2 Å². The first-order chi connectivity index (χ1) is 15.2. The van der Waals surface area contributed by atoms with Crippen molar-refractivity contribution in [2.45, 2.75) is 148 Å². The molecule has 0 aromatic carbocycles. The molecule has 2 N–H and O–H groups in total. The zero-order valence-corrected chi connectivity index (χ0v) is 20.9. The van der Waals surface area contributed by atoms with Crippen molar-refractivity contribution >= 4 is 5.97 Å². The first-order valence-corrected chi connectivity index (χ1v) is 13.6. The number of ether oxygens (including phenoxy) is 1. The fraction of sp³-hybridized carbons (Fsp3) is 0.963. The lowest BCUT2D eigenvalue weighted by molar-refractivity contribution is -0.157. The minimum Gasteiger partial charge on any atom is -0.463 e. The maximum atomic E-state index is 11.7. The number of carbonyl (C=O) groups excluding carboxylic acids is 1. The molecule has 0 aromatic rings. The number of aliphatic hydroxyl groups excluding tert-OH is 2. The Bertz CT molecular complexity index is 372. The van der Waals surface area contributed by atoms with Crippen LogP contribution in [0, 0.1) is 5.92 Å². The highest BCUT2D eigenvalue weighted by Crippen LogP contribution is 2.20. The second-order valence-corrected chi connectivity index (χ2v) is 9.43. The highest BCUT2D eigenvalue weighted by atomic mass is 16.5. The van der Waals surface area contributed by atoms with Crippen LogP contribution in [0.25, 0.3) is 0 Å². The minimum absolute atomic E-state index is 0.379. The number of rotatable bonds is 24. The summed E-state index contributed by atoms with van der Waals surface area (Å²) >= 11 is 0. The van der Waals surface area contributed by atoms with E-state index in [1.807, 2.05) is 0 Å². The molecule has 0 aliphatic rings. The van der Waals surface area contributed by atoms with Crippen LogP contribution in [0.2, 0.25) is 0 Å². The zero-order valence-electron chi connectivity index (χ0n) is 20.9. The van der Waals surface area contributed by atoms with Crippen molar-refractivity contribution in [2.75, 3.05) is 13.2 Å². The summed E-state index contributed by atoms with van der Waals surface area (Å²) in [5, 5.41) is 18.3. The van der Waals surface area contributed by atoms with Crippen LogP contribution < -0.4 is 0 Å². The molecule has 4 heteroatoms. The summed E-state index contributed by atoms with van der Waals surface area (Å²) < 4.78 is 5.27. The summed E-state index contributed by atoms with van der Waals surface area (Å²) in [5.74, 6) is -0.310. The Kier molecular flexibility index (Phi) is 23.6. The predicted octanol–water partition coefficient (Wildman–Crippen LogP) is 7.34. The van der Waals surface area contributed by atoms with Crippen LogP contribution in [-0.4, -0.2) is 35.5 Å². The molecule has 0 rings (SSSR count). The molecule has 0 saturated heterocycles. The maximum absolute atomic E-state index is 11.7. The molecule has 0 amide bonds. The quantitative estimate of drug-likeness (QED) is 0.121. The van der Waals surface area contributed by atoms with Gasteiger partial charge in [-0.05, 0) is 18.8 Å². The summed E-state index contributed by atoms with van der Waals surface area (Å²) in [5.41, 5.74) is 0. The second-order valence-electron chi connectivity index (χ2n) is 9.43. The van der Waals surface area contributed by atoms with Gasteiger partial charge in [-0.3, -0.25) is 0 Å². The van der Waals surface area contributed by atoms with Crippen LogP contribution in [0.5, 0.6) is 0 Å². The van der Waals surface area contributed by atoms with E-state index >= 15 is 0 Å². The molecule has 0 bridgehead atoms. The number of unbranched alkanes of at least 4 members (excludes halogenated alkanes) is 16. The monoisotopic (exact) mass is 442 g/mol. The highest BCUT2D eigenvalue weighted by molar-refractivity contribution is 5.74. The van der Waals surface area contributed by atoms with E-state index in [0.717, 1.165) is 12.8 Å². The van der Waals surface area contributed by atoms with Gasteiger partial charge in [-0.1, -0.05) is 129 Å². The molecule has 0 radical (unpaired) electrons. The average Bonchev–Trinajstić information content (AvgIpc) is 2.78. The van der Waals surface area contributed by atoms with Crippen molar-refractivity contribution in [1.82, 2.24) is 0 Å². The predicted molar refractivity (Wildman–Crippen MR) is 131 cm³/mol. The molecule has 0 fully saturated rings. The van der Waals surface area contributed by atoms with Gasteiger partial charge in [-0.2, -0.15) is 0 Å². The lowest BCUT2D eigenvalue weighted by Gasteiger charge is -2.18. The van der Waals surface area contributed by atoms with E-state index in [1.165, 1.54) is 116 Å². The van der Waals surface area contributed by atoms with Gasteiger partial charge in [-0.25, -0.2) is 4.79 Å². The molecular formula is C27H54O4. The van der Waals surface area contributed by atoms with E-state index in [-0.39, 0.29) is 0 Å². The summed E-state index contributed by atoms with van der Waals surface area (Å²) in [6, 6.07) is 0. The third-order valence-electron chi connectivity index (χ3n) is 6.34. The van der Waals surface area contributed by atoms with Crippen molar-refractivity contribution in [3.8, 4) is 0 Å². The molecule has 31 heavy (non-hydrogen) atoms. The van der Waals surface area contributed by atoms with Gasteiger partial charge >= 0.3 is 5.97 Å². The standard InChI is InChI=1S/C27H54O4/c1-3-5-7-9-11-13-14-16-18-20-22-25(24-31-27(30)26(29)23-28)21-19-17-15-12-10-8-6-4-2/h25-26,28-29H,3-24H2,1-2H3. The van der Waals surface area contributed by atoms with E-state index in [0.29, 0.717) is 12.5 Å². The van der Waals surface area contributed by atoms with Gasteiger partial charge in [0.15, 0.2) is 6.10 Å².